The Morgan fingerprint density at radius 1 is 1.42 bits per heavy atom. The van der Waals surface area contributed by atoms with E-state index in [0.29, 0.717) is 23.1 Å². The fraction of sp³-hybridized carbons (Fsp3) is 0.154. The van der Waals surface area contributed by atoms with Crippen LogP contribution in [-0.4, -0.2) is 22.7 Å². The first-order valence-corrected chi connectivity index (χ1v) is 6.46. The summed E-state index contributed by atoms with van der Waals surface area (Å²) in [6, 6.07) is 6.87. The molecule has 0 aliphatic rings. The Morgan fingerprint density at radius 2 is 2.16 bits per heavy atom. The van der Waals surface area contributed by atoms with Gasteiger partial charge in [-0.15, -0.1) is 10.2 Å². The molecule has 0 saturated heterocycles. The quantitative estimate of drug-likeness (QED) is 0.852. The lowest BCUT2D eigenvalue weighted by Crippen LogP contribution is -2.11. The molecule has 1 aromatic heterocycles. The van der Waals surface area contributed by atoms with Crippen molar-refractivity contribution in [2.75, 3.05) is 11.9 Å². The summed E-state index contributed by atoms with van der Waals surface area (Å²) in [5.41, 5.74) is 0.541. The maximum atomic E-state index is 11.9. The highest BCUT2D eigenvalue weighted by atomic mass is 32.1. The van der Waals surface area contributed by atoms with Gasteiger partial charge in [-0.1, -0.05) is 24.0 Å². The van der Waals surface area contributed by atoms with Gasteiger partial charge in [-0.2, -0.15) is 0 Å². The first-order chi connectivity index (χ1) is 9.19. The van der Waals surface area contributed by atoms with E-state index >= 15 is 0 Å². The van der Waals surface area contributed by atoms with E-state index in [-0.39, 0.29) is 5.91 Å². The summed E-state index contributed by atoms with van der Waals surface area (Å²) < 4.78 is 5.34. The first-order valence-electron chi connectivity index (χ1n) is 5.64. The lowest BCUT2D eigenvalue weighted by atomic mass is 10.2. The van der Waals surface area contributed by atoms with Gasteiger partial charge in [0.15, 0.2) is 0 Å². The highest BCUT2D eigenvalue weighted by molar-refractivity contribution is 7.15. The van der Waals surface area contributed by atoms with Crippen molar-refractivity contribution in [2.24, 2.45) is 0 Å². The van der Waals surface area contributed by atoms with Crippen LogP contribution in [0, 0.1) is 6.92 Å². The van der Waals surface area contributed by atoms with Gasteiger partial charge < -0.3 is 4.74 Å². The zero-order valence-electron chi connectivity index (χ0n) is 10.4. The predicted octanol–water partition coefficient (Wildman–Crippen LogP) is 2.66. The number of anilines is 1. The molecule has 0 unspecified atom stereocenters. The highest BCUT2D eigenvalue weighted by Crippen LogP contribution is 2.16. The van der Waals surface area contributed by atoms with Crippen molar-refractivity contribution in [2.45, 2.75) is 6.92 Å². The number of hydrogen-bond acceptors (Lipinski definition) is 5. The maximum Gasteiger partial charge on any atom is 0.257 e. The molecule has 0 fully saturated rings. The zero-order chi connectivity index (χ0) is 13.7. The fourth-order valence-corrected chi connectivity index (χ4v) is 1.96. The summed E-state index contributed by atoms with van der Waals surface area (Å²) >= 11 is 1.34. The van der Waals surface area contributed by atoms with Crippen molar-refractivity contribution in [1.29, 1.82) is 0 Å². The minimum atomic E-state index is -0.216. The van der Waals surface area contributed by atoms with Gasteiger partial charge in [0.05, 0.1) is 0 Å². The number of nitrogens with zero attached hydrogens (tertiary/aromatic N) is 2. The third-order valence-electron chi connectivity index (χ3n) is 2.23. The molecule has 1 heterocycles. The van der Waals surface area contributed by atoms with Crippen LogP contribution in [0.25, 0.3) is 0 Å². The summed E-state index contributed by atoms with van der Waals surface area (Å²) in [6.45, 7) is 5.84. The number of carbonyl (C=O) groups excluding carboxylic acids is 1. The number of nitrogens with one attached hydrogen (secondary N) is 1. The minimum absolute atomic E-state index is 0.216. The van der Waals surface area contributed by atoms with Crippen molar-refractivity contribution in [3.8, 4) is 5.75 Å². The molecule has 0 aliphatic carbocycles. The molecule has 0 atom stereocenters. The molecule has 0 bridgehead atoms. The van der Waals surface area contributed by atoms with Crippen LogP contribution >= 0.6 is 11.3 Å². The molecule has 0 saturated carbocycles. The van der Waals surface area contributed by atoms with E-state index in [0.717, 1.165) is 5.01 Å². The summed E-state index contributed by atoms with van der Waals surface area (Å²) in [4.78, 5) is 11.9. The number of aromatic nitrogens is 2. The molecule has 0 aliphatic heterocycles. The van der Waals surface area contributed by atoms with Gasteiger partial charge in [0.1, 0.15) is 17.4 Å². The summed E-state index contributed by atoms with van der Waals surface area (Å²) in [6.07, 6.45) is 1.67. The molecule has 1 amide bonds. The largest absolute Gasteiger partial charge is 0.490 e. The van der Waals surface area contributed by atoms with E-state index in [1.165, 1.54) is 11.3 Å². The maximum absolute atomic E-state index is 11.9. The fourth-order valence-electron chi connectivity index (χ4n) is 1.37. The van der Waals surface area contributed by atoms with E-state index in [2.05, 4.69) is 22.1 Å². The van der Waals surface area contributed by atoms with E-state index in [1.54, 1.807) is 30.3 Å². The van der Waals surface area contributed by atoms with E-state index in [1.807, 2.05) is 6.92 Å². The predicted molar refractivity (Wildman–Crippen MR) is 74.7 cm³/mol. The highest BCUT2D eigenvalue weighted by Gasteiger charge is 2.08. The van der Waals surface area contributed by atoms with Crippen LogP contribution in [0.3, 0.4) is 0 Å². The molecule has 1 N–H and O–H groups in total. The van der Waals surface area contributed by atoms with Gasteiger partial charge in [0, 0.05) is 5.56 Å². The molecule has 2 aromatic rings. The third-order valence-corrected chi connectivity index (χ3v) is 2.98. The first kappa shape index (κ1) is 13.2. The Labute approximate surface area is 114 Å². The summed E-state index contributed by atoms with van der Waals surface area (Å²) in [7, 11) is 0. The summed E-state index contributed by atoms with van der Waals surface area (Å²) in [5.74, 6) is 0.481. The van der Waals surface area contributed by atoms with Gasteiger partial charge in [-0.25, -0.2) is 0 Å². The van der Waals surface area contributed by atoms with Gasteiger partial charge in [-0.05, 0) is 31.2 Å². The number of aryl methyl sites for hydroxylation is 1. The lowest BCUT2D eigenvalue weighted by molar-refractivity contribution is 0.102. The monoisotopic (exact) mass is 275 g/mol. The molecular weight excluding hydrogens is 262 g/mol. The summed E-state index contributed by atoms with van der Waals surface area (Å²) in [5, 5.41) is 11.7. The molecule has 98 valence electrons. The Hall–Kier alpha value is -2.21. The molecule has 2 rings (SSSR count). The van der Waals surface area contributed by atoms with E-state index in [4.69, 9.17) is 4.74 Å². The van der Waals surface area contributed by atoms with Crippen LogP contribution in [0.1, 0.15) is 15.4 Å². The molecular formula is C13H13N3O2S. The van der Waals surface area contributed by atoms with Gasteiger partial charge in [-0.3, -0.25) is 10.1 Å². The second-order valence-electron chi connectivity index (χ2n) is 3.70. The van der Waals surface area contributed by atoms with Crippen molar-refractivity contribution in [3.63, 3.8) is 0 Å². The van der Waals surface area contributed by atoms with Crippen LogP contribution < -0.4 is 10.1 Å². The Morgan fingerprint density at radius 3 is 2.74 bits per heavy atom. The van der Waals surface area contributed by atoms with Gasteiger partial charge in [0.25, 0.3) is 5.91 Å². The Kier molecular flexibility index (Phi) is 4.25. The van der Waals surface area contributed by atoms with Crippen molar-refractivity contribution >= 4 is 22.4 Å². The average molecular weight is 275 g/mol. The Balaban J connectivity index is 2.01. The van der Waals surface area contributed by atoms with Crippen molar-refractivity contribution in [1.82, 2.24) is 10.2 Å². The molecule has 5 nitrogen and oxygen atoms in total. The standard InChI is InChI=1S/C13H13N3O2S/c1-3-8-18-11-6-4-10(5-7-11)12(17)14-13-16-15-9(2)19-13/h3-7H,1,8H2,2H3,(H,14,16,17). The van der Waals surface area contributed by atoms with Crippen LogP contribution in [0.4, 0.5) is 5.13 Å². The number of hydrogen-bond donors (Lipinski definition) is 1. The number of rotatable bonds is 5. The molecule has 0 spiro atoms. The average Bonchev–Trinajstić information content (AvgIpc) is 2.82. The SMILES string of the molecule is C=CCOc1ccc(C(=O)Nc2nnc(C)s2)cc1. The van der Waals surface area contributed by atoms with Crippen LogP contribution in [0.15, 0.2) is 36.9 Å². The van der Waals surface area contributed by atoms with Crippen molar-refractivity contribution in [3.05, 3.63) is 47.5 Å². The number of amides is 1. The van der Waals surface area contributed by atoms with E-state index in [9.17, 15) is 4.79 Å². The second kappa shape index (κ2) is 6.10. The van der Waals surface area contributed by atoms with Crippen LogP contribution in [0.5, 0.6) is 5.75 Å². The minimum Gasteiger partial charge on any atom is -0.490 e. The molecule has 19 heavy (non-hydrogen) atoms. The molecule has 1 aromatic carbocycles. The molecule has 0 radical (unpaired) electrons. The smallest absolute Gasteiger partial charge is 0.257 e. The van der Waals surface area contributed by atoms with Crippen LogP contribution in [-0.2, 0) is 0 Å². The second-order valence-corrected chi connectivity index (χ2v) is 4.89. The van der Waals surface area contributed by atoms with Crippen molar-refractivity contribution < 1.29 is 9.53 Å². The molecule has 6 heteroatoms. The van der Waals surface area contributed by atoms with E-state index < -0.39 is 0 Å². The normalized spacial score (nSPS) is 9.95. The number of benzene rings is 1. The third kappa shape index (κ3) is 3.62. The van der Waals surface area contributed by atoms with Crippen LogP contribution in [0.2, 0.25) is 0 Å². The Bertz CT molecular complexity index is 578. The van der Waals surface area contributed by atoms with Gasteiger partial charge >= 0.3 is 0 Å². The number of carbonyl (C=O) groups is 1. The van der Waals surface area contributed by atoms with Gasteiger partial charge in [0.2, 0.25) is 5.13 Å². The zero-order valence-corrected chi connectivity index (χ0v) is 11.2. The lowest BCUT2D eigenvalue weighted by Gasteiger charge is -2.04. The topological polar surface area (TPSA) is 64.1 Å². The number of ether oxygens (including phenoxy) is 1.